The number of benzene rings is 1. The molecule has 1 N–H and O–H groups in total. The minimum absolute atomic E-state index is 0.220. The number of aromatic nitrogens is 2. The highest BCUT2D eigenvalue weighted by Crippen LogP contribution is 2.28. The molecular weight excluding hydrogens is 261 g/mol. The summed E-state index contributed by atoms with van der Waals surface area (Å²) in [6.45, 7) is 2.65. The van der Waals surface area contributed by atoms with Crippen LogP contribution in [0.15, 0.2) is 36.0 Å². The fraction of sp³-hybridized carbons (Fsp3) is 0.143. The summed E-state index contributed by atoms with van der Waals surface area (Å²) >= 11 is 1.63. The maximum absolute atomic E-state index is 12.8. The van der Waals surface area contributed by atoms with E-state index in [1.165, 1.54) is 12.1 Å². The Balaban J connectivity index is 1.83. The van der Waals surface area contributed by atoms with E-state index in [9.17, 15) is 4.39 Å². The van der Waals surface area contributed by atoms with Gasteiger partial charge in [0.2, 0.25) is 0 Å². The van der Waals surface area contributed by atoms with Gasteiger partial charge in [0.1, 0.15) is 18.0 Å². The van der Waals surface area contributed by atoms with Crippen molar-refractivity contribution in [3.63, 3.8) is 0 Å². The lowest BCUT2D eigenvalue weighted by molar-refractivity contribution is 0.627. The van der Waals surface area contributed by atoms with Crippen LogP contribution in [0, 0.1) is 12.7 Å². The van der Waals surface area contributed by atoms with E-state index < -0.39 is 0 Å². The molecule has 0 aliphatic rings. The molecule has 96 valence electrons. The molecule has 0 aliphatic carbocycles. The first kappa shape index (κ1) is 12.0. The molecule has 0 amide bonds. The number of halogens is 1. The van der Waals surface area contributed by atoms with Crippen LogP contribution >= 0.6 is 11.3 Å². The van der Waals surface area contributed by atoms with Crippen LogP contribution in [-0.4, -0.2) is 9.97 Å². The Bertz CT molecular complexity index is 706. The molecule has 0 saturated heterocycles. The summed E-state index contributed by atoms with van der Waals surface area (Å²) in [5, 5.41) is 5.35. The highest BCUT2D eigenvalue weighted by Gasteiger charge is 2.07. The van der Waals surface area contributed by atoms with E-state index in [0.717, 1.165) is 27.2 Å². The van der Waals surface area contributed by atoms with Crippen LogP contribution in [0.3, 0.4) is 0 Å². The molecule has 0 atom stereocenters. The second-order valence-corrected chi connectivity index (χ2v) is 5.18. The van der Waals surface area contributed by atoms with Gasteiger partial charge in [-0.15, -0.1) is 11.3 Å². The van der Waals surface area contributed by atoms with Gasteiger partial charge in [-0.3, -0.25) is 0 Å². The Morgan fingerprint density at radius 3 is 2.79 bits per heavy atom. The molecule has 0 saturated carbocycles. The molecule has 3 rings (SSSR count). The van der Waals surface area contributed by atoms with Gasteiger partial charge in [0.15, 0.2) is 0 Å². The number of hydrogen-bond acceptors (Lipinski definition) is 4. The van der Waals surface area contributed by atoms with Gasteiger partial charge in [-0.05, 0) is 35.6 Å². The zero-order chi connectivity index (χ0) is 13.2. The Kier molecular flexibility index (Phi) is 3.13. The fourth-order valence-electron chi connectivity index (χ4n) is 1.88. The standard InChI is InChI=1S/C14H12FN3S/c1-9-7-19-13-12(9)17-8-18-14(13)16-6-10-2-4-11(15)5-3-10/h2-5,7-8H,6H2,1H3,(H,16,17,18). The van der Waals surface area contributed by atoms with Crippen molar-refractivity contribution in [3.8, 4) is 0 Å². The van der Waals surface area contributed by atoms with Crippen LogP contribution in [0.2, 0.25) is 0 Å². The summed E-state index contributed by atoms with van der Waals surface area (Å²) in [5.74, 6) is 0.606. The zero-order valence-electron chi connectivity index (χ0n) is 10.4. The number of fused-ring (bicyclic) bond motifs is 1. The van der Waals surface area contributed by atoms with E-state index in [2.05, 4.69) is 20.7 Å². The Morgan fingerprint density at radius 2 is 2.00 bits per heavy atom. The highest BCUT2D eigenvalue weighted by molar-refractivity contribution is 7.18. The van der Waals surface area contributed by atoms with Crippen molar-refractivity contribution >= 4 is 27.4 Å². The normalized spacial score (nSPS) is 10.8. The van der Waals surface area contributed by atoms with Crippen LogP contribution in [0.25, 0.3) is 10.2 Å². The summed E-state index contributed by atoms with van der Waals surface area (Å²) < 4.78 is 13.9. The van der Waals surface area contributed by atoms with Crippen LogP contribution in [0.1, 0.15) is 11.1 Å². The summed E-state index contributed by atoms with van der Waals surface area (Å²) in [7, 11) is 0. The fourth-order valence-corrected chi connectivity index (χ4v) is 2.85. The van der Waals surface area contributed by atoms with Gasteiger partial charge in [-0.1, -0.05) is 12.1 Å². The molecule has 0 unspecified atom stereocenters. The molecule has 2 heterocycles. The number of thiophene rings is 1. The van der Waals surface area contributed by atoms with Gasteiger partial charge in [0.05, 0.1) is 10.2 Å². The number of rotatable bonds is 3. The quantitative estimate of drug-likeness (QED) is 0.789. The third kappa shape index (κ3) is 2.42. The Hall–Kier alpha value is -2.01. The van der Waals surface area contributed by atoms with Gasteiger partial charge in [-0.2, -0.15) is 0 Å². The average molecular weight is 273 g/mol. The smallest absolute Gasteiger partial charge is 0.147 e. The lowest BCUT2D eigenvalue weighted by Gasteiger charge is -2.06. The second-order valence-electron chi connectivity index (χ2n) is 4.30. The SMILES string of the molecule is Cc1csc2c(NCc3ccc(F)cc3)ncnc12. The van der Waals surface area contributed by atoms with Crippen molar-refractivity contribution in [2.24, 2.45) is 0 Å². The first-order valence-corrected chi connectivity index (χ1v) is 6.79. The molecule has 19 heavy (non-hydrogen) atoms. The van der Waals surface area contributed by atoms with E-state index in [4.69, 9.17) is 0 Å². The van der Waals surface area contributed by atoms with E-state index in [0.29, 0.717) is 6.54 Å². The number of nitrogens with zero attached hydrogens (tertiary/aromatic N) is 2. The van der Waals surface area contributed by atoms with E-state index in [1.807, 2.05) is 6.92 Å². The minimum Gasteiger partial charge on any atom is -0.365 e. The molecule has 3 aromatic rings. The molecule has 0 bridgehead atoms. The highest BCUT2D eigenvalue weighted by atomic mass is 32.1. The average Bonchev–Trinajstić information content (AvgIpc) is 2.81. The monoisotopic (exact) mass is 273 g/mol. The second kappa shape index (κ2) is 4.93. The molecule has 2 aromatic heterocycles. The topological polar surface area (TPSA) is 37.8 Å². The van der Waals surface area contributed by atoms with Gasteiger partial charge >= 0.3 is 0 Å². The number of nitrogens with one attached hydrogen (secondary N) is 1. The molecular formula is C14H12FN3S. The van der Waals surface area contributed by atoms with Gasteiger partial charge in [0, 0.05) is 6.54 Å². The molecule has 1 aromatic carbocycles. The Morgan fingerprint density at radius 1 is 1.21 bits per heavy atom. The van der Waals surface area contributed by atoms with Crippen molar-refractivity contribution in [2.75, 3.05) is 5.32 Å². The zero-order valence-corrected chi connectivity index (χ0v) is 11.2. The summed E-state index contributed by atoms with van der Waals surface area (Å²) in [5.41, 5.74) is 3.16. The van der Waals surface area contributed by atoms with Crippen LogP contribution in [0.4, 0.5) is 10.2 Å². The Labute approximate surface area is 114 Å². The van der Waals surface area contributed by atoms with Crippen molar-refractivity contribution < 1.29 is 4.39 Å². The molecule has 0 aliphatic heterocycles. The van der Waals surface area contributed by atoms with Crippen molar-refractivity contribution in [3.05, 3.63) is 52.9 Å². The summed E-state index contributed by atoms with van der Waals surface area (Å²) in [6, 6.07) is 6.45. The largest absolute Gasteiger partial charge is 0.365 e. The predicted octanol–water partition coefficient (Wildman–Crippen LogP) is 3.75. The van der Waals surface area contributed by atoms with Crippen LogP contribution in [-0.2, 0) is 6.54 Å². The van der Waals surface area contributed by atoms with E-state index >= 15 is 0 Å². The molecule has 3 nitrogen and oxygen atoms in total. The first-order valence-electron chi connectivity index (χ1n) is 5.91. The predicted molar refractivity (Wildman–Crippen MR) is 75.9 cm³/mol. The minimum atomic E-state index is -0.220. The third-order valence-electron chi connectivity index (χ3n) is 2.90. The number of hydrogen-bond donors (Lipinski definition) is 1. The molecule has 0 radical (unpaired) electrons. The van der Waals surface area contributed by atoms with Crippen molar-refractivity contribution in [1.82, 2.24) is 9.97 Å². The number of aryl methyl sites for hydroxylation is 1. The molecule has 0 fully saturated rings. The van der Waals surface area contributed by atoms with Crippen LogP contribution < -0.4 is 5.32 Å². The summed E-state index contributed by atoms with van der Waals surface area (Å²) in [4.78, 5) is 8.54. The molecule has 0 spiro atoms. The van der Waals surface area contributed by atoms with Gasteiger partial charge in [-0.25, -0.2) is 14.4 Å². The lowest BCUT2D eigenvalue weighted by Crippen LogP contribution is -2.01. The van der Waals surface area contributed by atoms with Crippen molar-refractivity contribution in [1.29, 1.82) is 0 Å². The van der Waals surface area contributed by atoms with Crippen LogP contribution in [0.5, 0.6) is 0 Å². The maximum atomic E-state index is 12.8. The van der Waals surface area contributed by atoms with E-state index in [-0.39, 0.29) is 5.82 Å². The number of anilines is 1. The van der Waals surface area contributed by atoms with Gasteiger partial charge < -0.3 is 5.32 Å². The third-order valence-corrected chi connectivity index (χ3v) is 4.00. The first-order chi connectivity index (χ1) is 9.24. The lowest BCUT2D eigenvalue weighted by atomic mass is 10.2. The van der Waals surface area contributed by atoms with E-state index in [1.54, 1.807) is 29.8 Å². The van der Waals surface area contributed by atoms with Crippen molar-refractivity contribution in [2.45, 2.75) is 13.5 Å². The summed E-state index contributed by atoms with van der Waals surface area (Å²) in [6.07, 6.45) is 1.56. The van der Waals surface area contributed by atoms with Gasteiger partial charge in [0.25, 0.3) is 0 Å². The molecule has 5 heteroatoms. The maximum Gasteiger partial charge on any atom is 0.147 e.